The van der Waals surface area contributed by atoms with Gasteiger partial charge in [-0.15, -0.1) is 5.10 Å². The van der Waals surface area contributed by atoms with Gasteiger partial charge in [0.15, 0.2) is 0 Å². The van der Waals surface area contributed by atoms with Gasteiger partial charge in [0.2, 0.25) is 0 Å². The van der Waals surface area contributed by atoms with Crippen molar-refractivity contribution in [3.8, 4) is 0 Å². The van der Waals surface area contributed by atoms with E-state index < -0.39 is 0 Å². The molecule has 0 bridgehead atoms. The number of nitrogens with zero attached hydrogens (tertiary/aromatic N) is 3. The van der Waals surface area contributed by atoms with E-state index in [0.717, 1.165) is 17.5 Å². The Hall–Kier alpha value is -1.42. The highest BCUT2D eigenvalue weighted by molar-refractivity contribution is 5.74. The molecule has 4 nitrogen and oxygen atoms in total. The van der Waals surface area contributed by atoms with Gasteiger partial charge in [-0.2, -0.15) is 0 Å². The molecule has 1 aromatic heterocycles. The number of hydrogen-bond acceptors (Lipinski definition) is 3. The van der Waals surface area contributed by atoms with Crippen LogP contribution in [0, 0.1) is 0 Å². The molecule has 13 heavy (non-hydrogen) atoms. The van der Waals surface area contributed by atoms with Crippen molar-refractivity contribution in [2.75, 3.05) is 6.54 Å². The Balaban J connectivity index is 2.50. The molecular weight excluding hydrogens is 164 g/mol. The highest BCUT2D eigenvalue weighted by Crippen LogP contribution is 2.12. The number of hydrogen-bond donors (Lipinski definition) is 1. The second kappa shape index (κ2) is 3.14. The zero-order valence-electron chi connectivity index (χ0n) is 7.57. The fraction of sp³-hybridized carbons (Fsp3) is 0.333. The molecule has 0 saturated heterocycles. The van der Waals surface area contributed by atoms with Gasteiger partial charge in [-0.3, -0.25) is 0 Å². The maximum Gasteiger partial charge on any atom is 0.113 e. The van der Waals surface area contributed by atoms with Crippen molar-refractivity contribution in [1.82, 2.24) is 15.0 Å². The second-order valence-electron chi connectivity index (χ2n) is 3.07. The van der Waals surface area contributed by atoms with Crippen LogP contribution in [0.3, 0.4) is 0 Å². The third kappa shape index (κ3) is 1.40. The molecular formula is C9H12N4. The minimum atomic E-state index is 0.672. The normalized spacial score (nSPS) is 10.9. The quantitative estimate of drug-likeness (QED) is 0.723. The Labute approximate surface area is 76.3 Å². The lowest BCUT2D eigenvalue weighted by Crippen LogP contribution is -2.02. The molecule has 68 valence electrons. The van der Waals surface area contributed by atoms with Crippen LogP contribution in [0.25, 0.3) is 11.0 Å². The molecule has 0 unspecified atom stereocenters. The summed E-state index contributed by atoms with van der Waals surface area (Å²) in [6, 6.07) is 6.13. The largest absolute Gasteiger partial charge is 0.330 e. The van der Waals surface area contributed by atoms with E-state index in [0.29, 0.717) is 6.54 Å². The van der Waals surface area contributed by atoms with Gasteiger partial charge in [-0.1, -0.05) is 11.3 Å². The second-order valence-corrected chi connectivity index (χ2v) is 3.07. The Kier molecular flexibility index (Phi) is 1.98. The maximum atomic E-state index is 5.47. The lowest BCUT2D eigenvalue weighted by atomic mass is 10.1. The van der Waals surface area contributed by atoms with Crippen LogP contribution >= 0.6 is 0 Å². The Morgan fingerprint density at radius 3 is 3.08 bits per heavy atom. The molecule has 0 spiro atoms. The van der Waals surface area contributed by atoms with Crippen LogP contribution < -0.4 is 5.73 Å². The Morgan fingerprint density at radius 2 is 2.31 bits per heavy atom. The summed E-state index contributed by atoms with van der Waals surface area (Å²) in [5, 5.41) is 7.97. The molecule has 0 aliphatic heterocycles. The van der Waals surface area contributed by atoms with Crippen LogP contribution in [0.2, 0.25) is 0 Å². The van der Waals surface area contributed by atoms with Crippen LogP contribution in [0.15, 0.2) is 18.2 Å². The average Bonchev–Trinajstić information content (AvgIpc) is 2.48. The molecule has 1 heterocycles. The lowest BCUT2D eigenvalue weighted by Gasteiger charge is -1.97. The highest BCUT2D eigenvalue weighted by Gasteiger charge is 2.01. The van der Waals surface area contributed by atoms with Crippen LogP contribution in [-0.2, 0) is 13.5 Å². The summed E-state index contributed by atoms with van der Waals surface area (Å²) in [6.45, 7) is 0.672. The first kappa shape index (κ1) is 8.19. The van der Waals surface area contributed by atoms with Crippen LogP contribution in [0.1, 0.15) is 5.56 Å². The molecule has 2 aromatic rings. The number of aryl methyl sites for hydroxylation is 1. The molecule has 0 fully saturated rings. The fourth-order valence-electron chi connectivity index (χ4n) is 1.41. The van der Waals surface area contributed by atoms with Crippen molar-refractivity contribution in [1.29, 1.82) is 0 Å². The van der Waals surface area contributed by atoms with E-state index in [1.165, 1.54) is 5.56 Å². The monoisotopic (exact) mass is 176 g/mol. The summed E-state index contributed by atoms with van der Waals surface area (Å²) >= 11 is 0. The molecule has 0 saturated carbocycles. The van der Waals surface area contributed by atoms with Gasteiger partial charge in [-0.05, 0) is 30.7 Å². The number of fused-ring (bicyclic) bond motifs is 1. The third-order valence-electron chi connectivity index (χ3n) is 2.11. The van der Waals surface area contributed by atoms with Gasteiger partial charge in [0.1, 0.15) is 5.52 Å². The zero-order valence-corrected chi connectivity index (χ0v) is 7.57. The zero-order chi connectivity index (χ0) is 9.26. The molecule has 0 amide bonds. The first-order valence-corrected chi connectivity index (χ1v) is 4.29. The minimum Gasteiger partial charge on any atom is -0.330 e. The van der Waals surface area contributed by atoms with E-state index in [1.807, 2.05) is 19.2 Å². The van der Waals surface area contributed by atoms with Crippen molar-refractivity contribution >= 4 is 11.0 Å². The summed E-state index contributed by atoms with van der Waals surface area (Å²) in [5.74, 6) is 0. The first-order valence-electron chi connectivity index (χ1n) is 4.29. The summed E-state index contributed by atoms with van der Waals surface area (Å²) in [5.41, 5.74) is 8.68. The van der Waals surface area contributed by atoms with Crippen molar-refractivity contribution in [3.05, 3.63) is 23.8 Å². The van der Waals surface area contributed by atoms with E-state index in [-0.39, 0.29) is 0 Å². The summed E-state index contributed by atoms with van der Waals surface area (Å²) in [7, 11) is 1.89. The molecule has 0 radical (unpaired) electrons. The third-order valence-corrected chi connectivity index (χ3v) is 2.11. The SMILES string of the molecule is Cn1nnc2cc(CCN)ccc21. The van der Waals surface area contributed by atoms with E-state index in [1.54, 1.807) is 4.68 Å². The van der Waals surface area contributed by atoms with Gasteiger partial charge in [-0.25, -0.2) is 4.68 Å². The predicted molar refractivity (Wildman–Crippen MR) is 51.3 cm³/mol. The number of aromatic nitrogens is 3. The number of benzene rings is 1. The maximum absolute atomic E-state index is 5.47. The van der Waals surface area contributed by atoms with Crippen molar-refractivity contribution in [2.24, 2.45) is 12.8 Å². The summed E-state index contributed by atoms with van der Waals surface area (Å²) < 4.78 is 1.77. The van der Waals surface area contributed by atoms with Crippen molar-refractivity contribution in [3.63, 3.8) is 0 Å². The van der Waals surface area contributed by atoms with Crippen LogP contribution in [0.4, 0.5) is 0 Å². The first-order chi connectivity index (χ1) is 6.31. The molecule has 0 atom stereocenters. The molecule has 0 aliphatic rings. The topological polar surface area (TPSA) is 56.7 Å². The molecule has 2 N–H and O–H groups in total. The van der Waals surface area contributed by atoms with Crippen LogP contribution in [-0.4, -0.2) is 21.5 Å². The number of rotatable bonds is 2. The Morgan fingerprint density at radius 1 is 1.46 bits per heavy atom. The van der Waals surface area contributed by atoms with Gasteiger partial charge in [0.25, 0.3) is 0 Å². The predicted octanol–water partition coefficient (Wildman–Crippen LogP) is 0.469. The van der Waals surface area contributed by atoms with Crippen molar-refractivity contribution < 1.29 is 0 Å². The van der Waals surface area contributed by atoms with Gasteiger partial charge in [0.05, 0.1) is 5.52 Å². The average molecular weight is 176 g/mol. The van der Waals surface area contributed by atoms with Gasteiger partial charge < -0.3 is 5.73 Å². The van der Waals surface area contributed by atoms with E-state index in [4.69, 9.17) is 5.73 Å². The van der Waals surface area contributed by atoms with E-state index in [2.05, 4.69) is 16.4 Å². The lowest BCUT2D eigenvalue weighted by molar-refractivity contribution is 0.736. The minimum absolute atomic E-state index is 0.672. The van der Waals surface area contributed by atoms with E-state index >= 15 is 0 Å². The fourth-order valence-corrected chi connectivity index (χ4v) is 1.41. The summed E-state index contributed by atoms with van der Waals surface area (Å²) in [6.07, 6.45) is 0.895. The number of nitrogens with two attached hydrogens (primary N) is 1. The van der Waals surface area contributed by atoms with Crippen LogP contribution in [0.5, 0.6) is 0 Å². The molecule has 0 aliphatic carbocycles. The Bertz CT molecular complexity index is 418. The summed E-state index contributed by atoms with van der Waals surface area (Å²) in [4.78, 5) is 0. The van der Waals surface area contributed by atoms with Gasteiger partial charge >= 0.3 is 0 Å². The molecule has 4 heteroatoms. The highest BCUT2D eigenvalue weighted by atomic mass is 15.4. The smallest absolute Gasteiger partial charge is 0.113 e. The standard InChI is InChI=1S/C9H12N4/c1-13-9-3-2-7(4-5-10)6-8(9)11-12-13/h2-3,6H,4-5,10H2,1H3. The van der Waals surface area contributed by atoms with Gasteiger partial charge in [0, 0.05) is 7.05 Å². The van der Waals surface area contributed by atoms with Crippen molar-refractivity contribution in [2.45, 2.75) is 6.42 Å². The van der Waals surface area contributed by atoms with E-state index in [9.17, 15) is 0 Å². The molecule has 2 rings (SSSR count). The molecule has 1 aromatic carbocycles.